The number of rotatable bonds is 17. The molecular weight excluding hydrogens is 385 g/mol. The van der Waals surface area contributed by atoms with Crippen LogP contribution in [0.1, 0.15) is 59.8 Å². The lowest BCUT2D eigenvalue weighted by atomic mass is 10.2. The summed E-state index contributed by atoms with van der Waals surface area (Å²) in [7, 11) is -3.73. The SMILES string of the molecule is C=CCOP(=O)(OCCCOCCCCCC)OCCNC(=O)OC(C)(C)C. The number of ether oxygens (including phenoxy) is 2. The van der Waals surface area contributed by atoms with E-state index in [0.717, 1.165) is 13.0 Å². The maximum atomic E-state index is 12.6. The fraction of sp³-hybridized carbons (Fsp3) is 0.842. The summed E-state index contributed by atoms with van der Waals surface area (Å²) in [6.45, 7) is 12.5. The third-order valence-electron chi connectivity index (χ3n) is 3.19. The van der Waals surface area contributed by atoms with Crippen LogP contribution in [-0.4, -0.2) is 51.3 Å². The van der Waals surface area contributed by atoms with E-state index >= 15 is 0 Å². The molecular formula is C19H38NO7P. The predicted octanol–water partition coefficient (Wildman–Crippen LogP) is 4.84. The first-order chi connectivity index (χ1) is 13.2. The monoisotopic (exact) mass is 423 g/mol. The molecule has 0 aliphatic rings. The fourth-order valence-electron chi connectivity index (χ4n) is 1.95. The Balaban J connectivity index is 4.03. The van der Waals surface area contributed by atoms with E-state index in [-0.39, 0.29) is 26.4 Å². The standard InChI is InChI=1S/C19H38NO7P/c1-6-8-9-10-14-23-15-11-16-25-28(22,24-13-7-2)26-17-12-20-18(21)27-19(3,4)5/h7H,2,6,8-17H2,1,3-5H3,(H,20,21). The van der Waals surface area contributed by atoms with Crippen molar-refractivity contribution in [1.29, 1.82) is 0 Å². The van der Waals surface area contributed by atoms with E-state index < -0.39 is 19.5 Å². The molecule has 0 rings (SSSR count). The van der Waals surface area contributed by atoms with Crippen LogP contribution in [-0.2, 0) is 27.6 Å². The van der Waals surface area contributed by atoms with Crippen LogP contribution in [0.3, 0.4) is 0 Å². The zero-order chi connectivity index (χ0) is 21.3. The first kappa shape index (κ1) is 27.1. The van der Waals surface area contributed by atoms with E-state index in [2.05, 4.69) is 18.8 Å². The average Bonchev–Trinajstić information content (AvgIpc) is 2.61. The van der Waals surface area contributed by atoms with Gasteiger partial charge in [-0.1, -0.05) is 32.3 Å². The number of hydrogen-bond donors (Lipinski definition) is 1. The van der Waals surface area contributed by atoms with Crippen LogP contribution in [0.4, 0.5) is 4.79 Å². The van der Waals surface area contributed by atoms with Gasteiger partial charge >= 0.3 is 13.9 Å². The summed E-state index contributed by atoms with van der Waals surface area (Å²) in [5, 5.41) is 2.51. The van der Waals surface area contributed by atoms with Gasteiger partial charge in [0.1, 0.15) is 5.60 Å². The first-order valence-corrected chi connectivity index (χ1v) is 11.4. The molecule has 1 atom stereocenters. The third kappa shape index (κ3) is 17.2. The minimum absolute atomic E-state index is 0.0324. The van der Waals surface area contributed by atoms with E-state index in [1.807, 2.05) is 0 Å². The smallest absolute Gasteiger partial charge is 0.444 e. The summed E-state index contributed by atoms with van der Waals surface area (Å²) < 4.78 is 38.9. The van der Waals surface area contributed by atoms with E-state index in [4.69, 9.17) is 23.0 Å². The lowest BCUT2D eigenvalue weighted by molar-refractivity contribution is 0.0507. The predicted molar refractivity (Wildman–Crippen MR) is 109 cm³/mol. The molecule has 0 aromatic heterocycles. The van der Waals surface area contributed by atoms with Crippen molar-refractivity contribution in [3.05, 3.63) is 12.7 Å². The number of alkyl carbamates (subject to hydrolysis) is 1. The second kappa shape index (κ2) is 15.9. The Kier molecular flexibility index (Phi) is 15.4. The van der Waals surface area contributed by atoms with Gasteiger partial charge in [-0.25, -0.2) is 9.36 Å². The Morgan fingerprint density at radius 1 is 1.00 bits per heavy atom. The van der Waals surface area contributed by atoms with Gasteiger partial charge in [-0.05, 0) is 33.6 Å². The van der Waals surface area contributed by atoms with E-state index in [0.29, 0.717) is 13.0 Å². The molecule has 1 unspecified atom stereocenters. The van der Waals surface area contributed by atoms with Crippen LogP contribution in [0.25, 0.3) is 0 Å². The Bertz CT molecular complexity index is 466. The maximum Gasteiger partial charge on any atom is 0.475 e. The number of hydrogen-bond acceptors (Lipinski definition) is 7. The van der Waals surface area contributed by atoms with Gasteiger partial charge < -0.3 is 14.8 Å². The van der Waals surface area contributed by atoms with Crippen LogP contribution in [0, 0.1) is 0 Å². The molecule has 8 nitrogen and oxygen atoms in total. The van der Waals surface area contributed by atoms with Crippen LogP contribution in [0.15, 0.2) is 12.7 Å². The molecule has 0 aromatic rings. The Morgan fingerprint density at radius 2 is 1.68 bits per heavy atom. The average molecular weight is 423 g/mol. The first-order valence-electron chi connectivity index (χ1n) is 9.91. The van der Waals surface area contributed by atoms with E-state index in [1.54, 1.807) is 20.8 Å². The molecule has 28 heavy (non-hydrogen) atoms. The maximum absolute atomic E-state index is 12.6. The molecule has 1 amide bonds. The van der Waals surface area contributed by atoms with E-state index in [1.165, 1.54) is 25.3 Å². The number of unbranched alkanes of at least 4 members (excludes halogenated alkanes) is 3. The second-order valence-electron chi connectivity index (χ2n) is 7.15. The van der Waals surface area contributed by atoms with Gasteiger partial charge in [0.15, 0.2) is 0 Å². The quantitative estimate of drug-likeness (QED) is 0.203. The van der Waals surface area contributed by atoms with Crippen molar-refractivity contribution in [1.82, 2.24) is 5.32 Å². The molecule has 1 N–H and O–H groups in total. The summed E-state index contributed by atoms with van der Waals surface area (Å²) in [6.07, 6.45) is 6.09. The van der Waals surface area contributed by atoms with Gasteiger partial charge in [-0.15, -0.1) is 6.58 Å². The molecule has 0 aromatic carbocycles. The van der Waals surface area contributed by atoms with Crippen molar-refractivity contribution < 1.29 is 32.4 Å². The van der Waals surface area contributed by atoms with Crippen molar-refractivity contribution in [2.45, 2.75) is 65.4 Å². The van der Waals surface area contributed by atoms with Crippen molar-refractivity contribution >= 4 is 13.9 Å². The lowest BCUT2D eigenvalue weighted by Crippen LogP contribution is -2.34. The molecule has 166 valence electrons. The Hall–Kier alpha value is -0.920. The molecule has 0 spiro atoms. The number of amides is 1. The highest BCUT2D eigenvalue weighted by atomic mass is 31.2. The number of carbonyl (C=O) groups excluding carboxylic acids is 1. The second-order valence-corrected chi connectivity index (χ2v) is 8.82. The number of carbonyl (C=O) groups is 1. The molecule has 0 fully saturated rings. The third-order valence-corrected chi connectivity index (χ3v) is 4.66. The molecule has 0 heterocycles. The van der Waals surface area contributed by atoms with Gasteiger partial charge in [0.25, 0.3) is 0 Å². The summed E-state index contributed by atoms with van der Waals surface area (Å²) >= 11 is 0. The molecule has 0 aliphatic heterocycles. The summed E-state index contributed by atoms with van der Waals surface area (Å²) in [5.74, 6) is 0. The molecule has 0 aliphatic carbocycles. The van der Waals surface area contributed by atoms with Gasteiger partial charge in [-0.2, -0.15) is 0 Å². The van der Waals surface area contributed by atoms with E-state index in [9.17, 15) is 9.36 Å². The zero-order valence-corrected chi connectivity index (χ0v) is 18.8. The number of nitrogens with one attached hydrogen (secondary N) is 1. The highest BCUT2D eigenvalue weighted by Gasteiger charge is 2.26. The van der Waals surface area contributed by atoms with Crippen LogP contribution in [0.2, 0.25) is 0 Å². The van der Waals surface area contributed by atoms with Crippen molar-refractivity contribution in [3.63, 3.8) is 0 Å². The largest absolute Gasteiger partial charge is 0.475 e. The molecule has 0 saturated carbocycles. The zero-order valence-electron chi connectivity index (χ0n) is 17.9. The van der Waals surface area contributed by atoms with Crippen molar-refractivity contribution in [2.24, 2.45) is 0 Å². The van der Waals surface area contributed by atoms with Crippen LogP contribution in [0.5, 0.6) is 0 Å². The minimum Gasteiger partial charge on any atom is -0.444 e. The molecule has 0 bridgehead atoms. The topological polar surface area (TPSA) is 92.3 Å². The Morgan fingerprint density at radius 3 is 2.32 bits per heavy atom. The Labute approximate surface area is 169 Å². The summed E-state index contributed by atoms with van der Waals surface area (Å²) in [5.41, 5.74) is -0.589. The highest BCUT2D eigenvalue weighted by Crippen LogP contribution is 2.49. The number of phosphoric ester groups is 1. The fourth-order valence-corrected chi connectivity index (χ4v) is 3.13. The van der Waals surface area contributed by atoms with Crippen molar-refractivity contribution in [2.75, 3.05) is 39.6 Å². The van der Waals surface area contributed by atoms with Gasteiger partial charge in [-0.3, -0.25) is 13.6 Å². The van der Waals surface area contributed by atoms with Crippen LogP contribution < -0.4 is 5.32 Å². The van der Waals surface area contributed by atoms with Gasteiger partial charge in [0.2, 0.25) is 0 Å². The van der Waals surface area contributed by atoms with Gasteiger partial charge in [0, 0.05) is 19.8 Å². The summed E-state index contributed by atoms with van der Waals surface area (Å²) in [6, 6.07) is 0. The minimum atomic E-state index is -3.73. The lowest BCUT2D eigenvalue weighted by Gasteiger charge is -2.20. The molecule has 9 heteroatoms. The molecule has 0 radical (unpaired) electrons. The molecule has 0 saturated heterocycles. The van der Waals surface area contributed by atoms with Crippen molar-refractivity contribution in [3.8, 4) is 0 Å². The van der Waals surface area contributed by atoms with Gasteiger partial charge in [0.05, 0.1) is 19.8 Å². The normalized spacial score (nSPS) is 13.7. The highest BCUT2D eigenvalue weighted by molar-refractivity contribution is 7.48. The number of phosphoric acid groups is 1. The summed E-state index contributed by atoms with van der Waals surface area (Å²) in [4.78, 5) is 11.6. The van der Waals surface area contributed by atoms with Crippen LogP contribution >= 0.6 is 7.82 Å².